The molecule has 4 aliphatic carbocycles. The number of rotatable bonds is 1. The van der Waals surface area contributed by atoms with Crippen LogP contribution in [0.1, 0.15) is 38.5 Å². The highest BCUT2D eigenvalue weighted by Crippen LogP contribution is 2.63. The molecule has 0 saturated heterocycles. The van der Waals surface area contributed by atoms with Gasteiger partial charge < -0.3 is 0 Å². The third-order valence-corrected chi connectivity index (χ3v) is 5.13. The van der Waals surface area contributed by atoms with E-state index < -0.39 is 0 Å². The van der Waals surface area contributed by atoms with E-state index in [1.165, 1.54) is 19.3 Å². The van der Waals surface area contributed by atoms with Gasteiger partial charge in [-0.3, -0.25) is 4.79 Å². The summed E-state index contributed by atoms with van der Waals surface area (Å²) >= 11 is 3.85. The normalized spacial score (nSPS) is 58.2. The Labute approximate surface area is 87.4 Å². The molecule has 2 unspecified atom stereocenters. The maximum absolute atomic E-state index is 11.1. The van der Waals surface area contributed by atoms with Gasteiger partial charge in [0.2, 0.25) is 6.29 Å². The average Bonchev–Trinajstić information content (AvgIpc) is 1.99. The Hall–Kier alpha value is 0.150. The number of hydrogen-bond acceptors (Lipinski definition) is 1. The standard InChI is InChI=1S/C11H14BrO/c12-11-4-8-1-9(5-11)3-10(2-8,6-11)7-13/h8-9H,1-6H2. The van der Waals surface area contributed by atoms with Crippen molar-refractivity contribution in [2.75, 3.05) is 0 Å². The largest absolute Gasteiger partial charge is 0.290 e. The van der Waals surface area contributed by atoms with Gasteiger partial charge in [-0.05, 0) is 50.4 Å². The van der Waals surface area contributed by atoms with E-state index in [0.717, 1.165) is 31.1 Å². The predicted octanol–water partition coefficient (Wildman–Crippen LogP) is 2.83. The molecule has 2 heteroatoms. The van der Waals surface area contributed by atoms with Gasteiger partial charge in [0.1, 0.15) is 0 Å². The van der Waals surface area contributed by atoms with Crippen LogP contribution in [0.25, 0.3) is 0 Å². The maximum atomic E-state index is 11.1. The zero-order valence-corrected chi connectivity index (χ0v) is 9.27. The molecular weight excluding hydrogens is 228 g/mol. The zero-order chi connectivity index (χ0) is 9.10. The molecule has 0 spiro atoms. The van der Waals surface area contributed by atoms with Gasteiger partial charge in [0, 0.05) is 9.74 Å². The lowest BCUT2D eigenvalue weighted by Crippen LogP contribution is -2.53. The molecule has 2 atom stereocenters. The lowest BCUT2D eigenvalue weighted by Gasteiger charge is -2.58. The fourth-order valence-electron chi connectivity index (χ4n) is 4.27. The van der Waals surface area contributed by atoms with Crippen molar-refractivity contribution in [1.29, 1.82) is 0 Å². The highest BCUT2D eigenvalue weighted by atomic mass is 79.9. The van der Waals surface area contributed by atoms with Gasteiger partial charge in [-0.25, -0.2) is 0 Å². The Kier molecular flexibility index (Phi) is 1.55. The Morgan fingerprint density at radius 2 is 1.77 bits per heavy atom. The quantitative estimate of drug-likeness (QED) is 0.646. The summed E-state index contributed by atoms with van der Waals surface area (Å²) in [5.41, 5.74) is -0.0480. The topological polar surface area (TPSA) is 17.1 Å². The van der Waals surface area contributed by atoms with Crippen molar-refractivity contribution in [1.82, 2.24) is 0 Å². The van der Waals surface area contributed by atoms with Crippen LogP contribution >= 0.6 is 15.9 Å². The summed E-state index contributed by atoms with van der Waals surface area (Å²) in [5.74, 6) is 1.61. The van der Waals surface area contributed by atoms with Crippen molar-refractivity contribution in [3.05, 3.63) is 0 Å². The highest BCUT2D eigenvalue weighted by molar-refractivity contribution is 9.10. The van der Waals surface area contributed by atoms with Crippen LogP contribution in [0.5, 0.6) is 0 Å². The van der Waals surface area contributed by atoms with Crippen LogP contribution in [-0.4, -0.2) is 10.6 Å². The zero-order valence-electron chi connectivity index (χ0n) is 7.68. The first-order chi connectivity index (χ1) is 6.13. The van der Waals surface area contributed by atoms with Crippen molar-refractivity contribution < 1.29 is 4.79 Å². The van der Waals surface area contributed by atoms with Gasteiger partial charge in [0.15, 0.2) is 0 Å². The second-order valence-electron chi connectivity index (χ2n) is 5.49. The Balaban J connectivity index is 2.00. The molecule has 0 aromatic heterocycles. The summed E-state index contributed by atoms with van der Waals surface area (Å²) in [5, 5.41) is 0. The van der Waals surface area contributed by atoms with Crippen molar-refractivity contribution in [3.8, 4) is 0 Å². The monoisotopic (exact) mass is 241 g/mol. The minimum Gasteiger partial charge on any atom is -0.290 e. The molecule has 4 bridgehead atoms. The molecule has 0 N–H and O–H groups in total. The number of alkyl halides is 1. The van der Waals surface area contributed by atoms with E-state index >= 15 is 0 Å². The first-order valence-electron chi connectivity index (χ1n) is 5.21. The van der Waals surface area contributed by atoms with Crippen molar-refractivity contribution in [3.63, 3.8) is 0 Å². The molecule has 4 aliphatic rings. The van der Waals surface area contributed by atoms with E-state index in [1.807, 2.05) is 0 Å². The lowest BCUT2D eigenvalue weighted by molar-refractivity contribution is 0.00651. The van der Waals surface area contributed by atoms with E-state index in [2.05, 4.69) is 22.2 Å². The number of hydrogen-bond donors (Lipinski definition) is 0. The second-order valence-corrected chi connectivity index (χ2v) is 7.18. The van der Waals surface area contributed by atoms with Crippen LogP contribution in [0.2, 0.25) is 0 Å². The number of carbonyl (C=O) groups excluding carboxylic acids is 1. The molecule has 4 saturated carbocycles. The van der Waals surface area contributed by atoms with Gasteiger partial charge in [0.05, 0.1) is 0 Å². The van der Waals surface area contributed by atoms with Crippen LogP contribution < -0.4 is 0 Å². The van der Waals surface area contributed by atoms with Gasteiger partial charge in [-0.15, -0.1) is 0 Å². The van der Waals surface area contributed by atoms with Crippen molar-refractivity contribution in [2.24, 2.45) is 17.3 Å². The summed E-state index contributed by atoms with van der Waals surface area (Å²) in [4.78, 5) is 11.1. The molecule has 4 rings (SSSR count). The lowest BCUT2D eigenvalue weighted by atomic mass is 9.50. The molecule has 1 radical (unpaired) electrons. The molecule has 71 valence electrons. The van der Waals surface area contributed by atoms with Crippen LogP contribution in [0.3, 0.4) is 0 Å². The van der Waals surface area contributed by atoms with Crippen molar-refractivity contribution in [2.45, 2.75) is 42.8 Å². The fraction of sp³-hybridized carbons (Fsp3) is 0.909. The van der Waals surface area contributed by atoms with Crippen LogP contribution in [0.15, 0.2) is 0 Å². The Morgan fingerprint density at radius 3 is 2.23 bits per heavy atom. The third kappa shape index (κ3) is 1.14. The van der Waals surface area contributed by atoms with Crippen molar-refractivity contribution >= 4 is 22.2 Å². The number of halogens is 1. The summed E-state index contributed by atoms with van der Waals surface area (Å²) in [6.45, 7) is 0. The molecule has 0 heterocycles. The smallest absolute Gasteiger partial charge is 0.205 e. The summed E-state index contributed by atoms with van der Waals surface area (Å²) in [7, 11) is 0. The average molecular weight is 242 g/mol. The molecule has 4 fully saturated rings. The predicted molar refractivity (Wildman–Crippen MR) is 54.5 cm³/mol. The molecule has 0 aromatic carbocycles. The summed E-state index contributed by atoms with van der Waals surface area (Å²) < 4.78 is 0.314. The van der Waals surface area contributed by atoms with Gasteiger partial charge in [-0.2, -0.15) is 0 Å². The van der Waals surface area contributed by atoms with Crippen LogP contribution in [-0.2, 0) is 4.79 Å². The van der Waals surface area contributed by atoms with E-state index in [0.29, 0.717) is 4.32 Å². The van der Waals surface area contributed by atoms with E-state index in [4.69, 9.17) is 0 Å². The highest BCUT2D eigenvalue weighted by Gasteiger charge is 2.57. The van der Waals surface area contributed by atoms with Crippen LogP contribution in [0, 0.1) is 17.3 Å². The van der Waals surface area contributed by atoms with Gasteiger partial charge in [0.25, 0.3) is 0 Å². The maximum Gasteiger partial charge on any atom is 0.205 e. The minimum atomic E-state index is -0.0480. The SMILES string of the molecule is O=[C]C12CC3CC(CC(Br)(C3)C1)C2. The fourth-order valence-corrected chi connectivity index (χ4v) is 5.72. The first kappa shape index (κ1) is 8.46. The molecule has 1 nitrogen and oxygen atoms in total. The summed E-state index contributed by atoms with van der Waals surface area (Å²) in [6.07, 6.45) is 9.63. The minimum absolute atomic E-state index is 0.0480. The molecule has 13 heavy (non-hydrogen) atoms. The third-order valence-electron chi connectivity index (χ3n) is 4.21. The van der Waals surface area contributed by atoms with Gasteiger partial charge in [-0.1, -0.05) is 15.9 Å². The van der Waals surface area contributed by atoms with E-state index in [1.54, 1.807) is 0 Å². The molecular formula is C11H14BrO. The summed E-state index contributed by atoms with van der Waals surface area (Å²) in [6, 6.07) is 0. The Bertz CT molecular complexity index is 247. The van der Waals surface area contributed by atoms with Gasteiger partial charge >= 0.3 is 0 Å². The Morgan fingerprint density at radius 1 is 1.15 bits per heavy atom. The molecule has 0 aliphatic heterocycles. The second kappa shape index (κ2) is 2.39. The van der Waals surface area contributed by atoms with E-state index in [9.17, 15) is 4.79 Å². The first-order valence-corrected chi connectivity index (χ1v) is 6.01. The van der Waals surface area contributed by atoms with Crippen LogP contribution in [0.4, 0.5) is 0 Å². The van der Waals surface area contributed by atoms with E-state index in [-0.39, 0.29) is 5.41 Å². The molecule has 0 amide bonds. The molecule has 0 aromatic rings.